The average Bonchev–Trinajstić information content (AvgIpc) is 2.82. The first-order valence-electron chi connectivity index (χ1n) is 8.45. The van der Waals surface area contributed by atoms with Gasteiger partial charge in [-0.3, -0.25) is 9.10 Å². The van der Waals surface area contributed by atoms with Crippen LogP contribution < -0.4 is 14.4 Å². The molecule has 138 valence electrons. The number of hydrogen-bond acceptors (Lipinski definition) is 4. The zero-order chi connectivity index (χ0) is 18.7. The van der Waals surface area contributed by atoms with Crippen molar-refractivity contribution in [1.29, 1.82) is 0 Å². The van der Waals surface area contributed by atoms with E-state index >= 15 is 0 Å². The molecular weight excluding hydrogens is 352 g/mol. The van der Waals surface area contributed by atoms with Crippen molar-refractivity contribution in [2.75, 3.05) is 17.1 Å². The fraction of sp³-hybridized carbons (Fsp3) is 0.316. The summed E-state index contributed by atoms with van der Waals surface area (Å²) < 4.78 is 31.4. The molecule has 1 N–H and O–H groups in total. The largest absolute Gasteiger partial charge is 0.478 e. The van der Waals surface area contributed by atoms with Crippen LogP contribution in [0.5, 0.6) is 5.75 Å². The van der Waals surface area contributed by atoms with Crippen molar-refractivity contribution < 1.29 is 17.9 Å². The lowest BCUT2D eigenvalue weighted by Crippen LogP contribution is -2.40. The lowest BCUT2D eigenvalue weighted by atomic mass is 10.1. The number of rotatable bonds is 4. The standard InChI is InChI=1S/C19H22N2O4S/c1-14(15-8-4-3-5-9-15)20-19(22)18-12-13-21(26(2,23)24)16-10-6-7-11-17(16)25-18/h3-11,14,18H,12-13H2,1-2H3,(H,20,22)/t14-,18-/m0/s1. The van der Waals surface area contributed by atoms with Gasteiger partial charge in [-0.1, -0.05) is 42.5 Å². The Morgan fingerprint density at radius 1 is 1.15 bits per heavy atom. The van der Waals surface area contributed by atoms with Crippen LogP contribution in [0.1, 0.15) is 24.9 Å². The van der Waals surface area contributed by atoms with Gasteiger partial charge in [-0.05, 0) is 24.6 Å². The van der Waals surface area contributed by atoms with E-state index in [1.54, 1.807) is 24.3 Å². The van der Waals surface area contributed by atoms with Crippen LogP contribution in [0, 0.1) is 0 Å². The molecule has 0 aliphatic carbocycles. The Labute approximate surface area is 153 Å². The second-order valence-corrected chi connectivity index (χ2v) is 8.25. The number of anilines is 1. The van der Waals surface area contributed by atoms with E-state index in [-0.39, 0.29) is 24.9 Å². The van der Waals surface area contributed by atoms with Gasteiger partial charge in [0.15, 0.2) is 6.10 Å². The van der Waals surface area contributed by atoms with Gasteiger partial charge in [0, 0.05) is 13.0 Å². The third-order valence-electron chi connectivity index (χ3n) is 4.35. The van der Waals surface area contributed by atoms with Crippen molar-refractivity contribution in [2.45, 2.75) is 25.5 Å². The Bertz CT molecular complexity index is 883. The van der Waals surface area contributed by atoms with E-state index in [9.17, 15) is 13.2 Å². The molecule has 6 nitrogen and oxygen atoms in total. The van der Waals surface area contributed by atoms with Gasteiger partial charge in [0.2, 0.25) is 10.0 Å². The molecule has 2 aromatic carbocycles. The van der Waals surface area contributed by atoms with Crippen LogP contribution in [-0.2, 0) is 14.8 Å². The van der Waals surface area contributed by atoms with Crippen molar-refractivity contribution in [1.82, 2.24) is 5.32 Å². The van der Waals surface area contributed by atoms with Crippen LogP contribution in [0.4, 0.5) is 5.69 Å². The third kappa shape index (κ3) is 3.99. The number of nitrogens with one attached hydrogen (secondary N) is 1. The number of nitrogens with zero attached hydrogens (tertiary/aromatic N) is 1. The Hall–Kier alpha value is -2.54. The van der Waals surface area contributed by atoms with E-state index in [1.807, 2.05) is 37.3 Å². The summed E-state index contributed by atoms with van der Waals surface area (Å²) in [6, 6.07) is 16.3. The second-order valence-electron chi connectivity index (χ2n) is 6.34. The molecule has 0 spiro atoms. The molecule has 0 bridgehead atoms. The predicted molar refractivity (Wildman–Crippen MR) is 101 cm³/mol. The fourth-order valence-electron chi connectivity index (χ4n) is 2.99. The summed E-state index contributed by atoms with van der Waals surface area (Å²) in [5.74, 6) is 0.134. The first-order valence-corrected chi connectivity index (χ1v) is 10.3. The minimum Gasteiger partial charge on any atom is -0.478 e. The summed E-state index contributed by atoms with van der Waals surface area (Å²) in [5, 5.41) is 2.95. The Morgan fingerprint density at radius 2 is 1.81 bits per heavy atom. The van der Waals surface area contributed by atoms with Crippen molar-refractivity contribution in [3.63, 3.8) is 0 Å². The van der Waals surface area contributed by atoms with Crippen LogP contribution in [-0.4, -0.2) is 33.2 Å². The maximum Gasteiger partial charge on any atom is 0.261 e. The maximum absolute atomic E-state index is 12.7. The number of hydrogen-bond donors (Lipinski definition) is 1. The quantitative estimate of drug-likeness (QED) is 0.892. The number of sulfonamides is 1. The smallest absolute Gasteiger partial charge is 0.261 e. The number of para-hydroxylation sites is 2. The molecule has 0 saturated heterocycles. The number of carbonyl (C=O) groups excluding carboxylic acids is 1. The van der Waals surface area contributed by atoms with Gasteiger partial charge >= 0.3 is 0 Å². The van der Waals surface area contributed by atoms with Crippen LogP contribution >= 0.6 is 0 Å². The maximum atomic E-state index is 12.7. The molecule has 1 aliphatic rings. The van der Waals surface area contributed by atoms with E-state index in [1.165, 1.54) is 4.31 Å². The molecular formula is C19H22N2O4S. The Morgan fingerprint density at radius 3 is 2.50 bits per heavy atom. The van der Waals surface area contributed by atoms with E-state index in [2.05, 4.69) is 5.32 Å². The lowest BCUT2D eigenvalue weighted by Gasteiger charge is -2.20. The molecule has 2 atom stereocenters. The number of fused-ring (bicyclic) bond motifs is 1. The highest BCUT2D eigenvalue weighted by atomic mass is 32.2. The summed E-state index contributed by atoms with van der Waals surface area (Å²) in [5.41, 5.74) is 1.45. The van der Waals surface area contributed by atoms with Crippen molar-refractivity contribution in [2.24, 2.45) is 0 Å². The summed E-state index contributed by atoms with van der Waals surface area (Å²) in [6.07, 6.45) is 0.672. The zero-order valence-electron chi connectivity index (χ0n) is 14.8. The van der Waals surface area contributed by atoms with Gasteiger partial charge in [0.05, 0.1) is 18.0 Å². The molecule has 26 heavy (non-hydrogen) atoms. The van der Waals surface area contributed by atoms with Crippen LogP contribution in [0.3, 0.4) is 0 Å². The highest BCUT2D eigenvalue weighted by Crippen LogP contribution is 2.33. The molecule has 0 unspecified atom stereocenters. The molecule has 0 radical (unpaired) electrons. The number of ether oxygens (including phenoxy) is 1. The Balaban J connectivity index is 1.79. The van der Waals surface area contributed by atoms with E-state index < -0.39 is 16.1 Å². The fourth-order valence-corrected chi connectivity index (χ4v) is 3.94. The van der Waals surface area contributed by atoms with Gasteiger partial charge in [-0.25, -0.2) is 8.42 Å². The molecule has 1 aliphatic heterocycles. The SMILES string of the molecule is C[C@H](NC(=O)[C@@H]1CCN(S(C)(=O)=O)c2ccccc2O1)c1ccccc1. The normalized spacial score (nSPS) is 18.2. The van der Waals surface area contributed by atoms with Gasteiger partial charge in [-0.15, -0.1) is 0 Å². The summed E-state index contributed by atoms with van der Waals surface area (Å²) in [6.45, 7) is 2.09. The summed E-state index contributed by atoms with van der Waals surface area (Å²) >= 11 is 0. The van der Waals surface area contributed by atoms with Gasteiger partial charge < -0.3 is 10.1 Å². The molecule has 1 amide bonds. The monoisotopic (exact) mass is 374 g/mol. The summed E-state index contributed by atoms with van der Waals surface area (Å²) in [7, 11) is -3.46. The highest BCUT2D eigenvalue weighted by Gasteiger charge is 2.31. The van der Waals surface area contributed by atoms with E-state index in [0.29, 0.717) is 11.4 Å². The van der Waals surface area contributed by atoms with E-state index in [4.69, 9.17) is 4.74 Å². The van der Waals surface area contributed by atoms with E-state index in [0.717, 1.165) is 11.8 Å². The second kappa shape index (κ2) is 7.37. The predicted octanol–water partition coefficient (Wildman–Crippen LogP) is 2.48. The molecule has 0 fully saturated rings. The van der Waals surface area contributed by atoms with Gasteiger partial charge in [0.25, 0.3) is 5.91 Å². The van der Waals surface area contributed by atoms with Crippen LogP contribution in [0.25, 0.3) is 0 Å². The minimum absolute atomic E-state index is 0.170. The van der Waals surface area contributed by atoms with Crippen LogP contribution in [0.15, 0.2) is 54.6 Å². The zero-order valence-corrected chi connectivity index (χ0v) is 15.6. The van der Waals surface area contributed by atoms with Gasteiger partial charge in [-0.2, -0.15) is 0 Å². The summed E-state index contributed by atoms with van der Waals surface area (Å²) in [4.78, 5) is 12.7. The topological polar surface area (TPSA) is 75.7 Å². The molecule has 3 rings (SSSR count). The molecule has 1 heterocycles. The first-order chi connectivity index (χ1) is 12.4. The number of carbonyl (C=O) groups is 1. The first kappa shape index (κ1) is 18.3. The minimum atomic E-state index is -3.46. The molecule has 7 heteroatoms. The molecule has 0 saturated carbocycles. The highest BCUT2D eigenvalue weighted by molar-refractivity contribution is 7.92. The number of amides is 1. The van der Waals surface area contributed by atoms with Crippen molar-refractivity contribution in [3.05, 3.63) is 60.2 Å². The van der Waals surface area contributed by atoms with Crippen molar-refractivity contribution in [3.8, 4) is 5.75 Å². The van der Waals surface area contributed by atoms with Gasteiger partial charge in [0.1, 0.15) is 5.75 Å². The van der Waals surface area contributed by atoms with Crippen molar-refractivity contribution >= 4 is 21.6 Å². The molecule has 2 aromatic rings. The molecule has 0 aromatic heterocycles. The van der Waals surface area contributed by atoms with Crippen LogP contribution in [0.2, 0.25) is 0 Å². The lowest BCUT2D eigenvalue weighted by molar-refractivity contribution is -0.128. The third-order valence-corrected chi connectivity index (χ3v) is 5.53. The Kier molecular flexibility index (Phi) is 5.18. The average molecular weight is 374 g/mol. The number of benzene rings is 2.